The highest BCUT2D eigenvalue weighted by Crippen LogP contribution is 2.25. The van der Waals surface area contributed by atoms with Crippen molar-refractivity contribution >= 4 is 23.4 Å². The standard InChI is InChI=1S/C18H27FN2OS/c1-13-7-8-15(19)16(10-13)21-9-5-6-14(11-21)20-17(22)12-23-18(2,3)4/h7-8,10,14H,5-6,9,11-12H2,1-4H3,(H,20,22). The largest absolute Gasteiger partial charge is 0.367 e. The van der Waals surface area contributed by atoms with Crippen molar-refractivity contribution in [1.82, 2.24) is 5.32 Å². The van der Waals surface area contributed by atoms with Crippen LogP contribution in [0.25, 0.3) is 0 Å². The quantitative estimate of drug-likeness (QED) is 0.907. The zero-order valence-electron chi connectivity index (χ0n) is 14.5. The molecule has 1 fully saturated rings. The van der Waals surface area contributed by atoms with Crippen molar-refractivity contribution in [3.63, 3.8) is 0 Å². The minimum atomic E-state index is -0.189. The molecule has 1 aromatic rings. The van der Waals surface area contributed by atoms with E-state index in [2.05, 4.69) is 26.1 Å². The van der Waals surface area contributed by atoms with Crippen molar-refractivity contribution in [2.45, 2.75) is 51.3 Å². The van der Waals surface area contributed by atoms with E-state index in [1.54, 1.807) is 17.8 Å². The Bertz CT molecular complexity index is 556. The molecule has 1 saturated heterocycles. The van der Waals surface area contributed by atoms with Crippen LogP contribution < -0.4 is 10.2 Å². The first-order valence-electron chi connectivity index (χ1n) is 8.19. The van der Waals surface area contributed by atoms with Gasteiger partial charge in [-0.25, -0.2) is 4.39 Å². The van der Waals surface area contributed by atoms with Gasteiger partial charge < -0.3 is 10.2 Å². The maximum Gasteiger partial charge on any atom is 0.230 e. The minimum absolute atomic E-state index is 0.0708. The second-order valence-electron chi connectivity index (χ2n) is 7.21. The summed E-state index contributed by atoms with van der Waals surface area (Å²) in [5, 5.41) is 3.10. The Morgan fingerprint density at radius 1 is 1.43 bits per heavy atom. The Morgan fingerprint density at radius 3 is 2.87 bits per heavy atom. The monoisotopic (exact) mass is 338 g/mol. The van der Waals surface area contributed by atoms with Gasteiger partial charge in [-0.05, 0) is 37.5 Å². The van der Waals surface area contributed by atoms with Crippen molar-refractivity contribution in [2.75, 3.05) is 23.7 Å². The molecule has 1 aliphatic rings. The predicted octanol–water partition coefficient (Wildman–Crippen LogP) is 3.75. The first-order chi connectivity index (χ1) is 10.7. The zero-order valence-corrected chi connectivity index (χ0v) is 15.3. The average Bonchev–Trinajstić information content (AvgIpc) is 2.47. The summed E-state index contributed by atoms with van der Waals surface area (Å²) in [7, 11) is 0. The van der Waals surface area contributed by atoms with E-state index in [1.165, 1.54) is 6.07 Å². The highest BCUT2D eigenvalue weighted by atomic mass is 32.2. The number of amides is 1. The van der Waals surface area contributed by atoms with Gasteiger partial charge in [-0.15, -0.1) is 11.8 Å². The van der Waals surface area contributed by atoms with Gasteiger partial charge in [0.25, 0.3) is 0 Å². The molecule has 1 aliphatic heterocycles. The molecular formula is C18H27FN2OS. The molecule has 0 bridgehead atoms. The summed E-state index contributed by atoms with van der Waals surface area (Å²) in [5.41, 5.74) is 1.70. The number of hydrogen-bond acceptors (Lipinski definition) is 3. The molecule has 5 heteroatoms. The summed E-state index contributed by atoms with van der Waals surface area (Å²) in [6.45, 7) is 9.79. The summed E-state index contributed by atoms with van der Waals surface area (Å²) in [6.07, 6.45) is 1.92. The molecule has 1 unspecified atom stereocenters. The fraction of sp³-hybridized carbons (Fsp3) is 0.611. The summed E-state index contributed by atoms with van der Waals surface area (Å²) in [4.78, 5) is 14.1. The molecule has 1 atom stereocenters. The van der Waals surface area contributed by atoms with E-state index < -0.39 is 0 Å². The molecule has 3 nitrogen and oxygen atoms in total. The van der Waals surface area contributed by atoms with E-state index in [0.29, 0.717) is 18.0 Å². The number of aryl methyl sites for hydroxylation is 1. The average molecular weight is 338 g/mol. The molecule has 2 rings (SSSR count). The number of piperidine rings is 1. The Balaban J connectivity index is 1.93. The molecule has 1 heterocycles. The minimum Gasteiger partial charge on any atom is -0.367 e. The highest BCUT2D eigenvalue weighted by molar-refractivity contribution is 8.01. The Hall–Kier alpha value is -1.23. The lowest BCUT2D eigenvalue weighted by molar-refractivity contribution is -0.119. The molecule has 1 aromatic carbocycles. The van der Waals surface area contributed by atoms with E-state index in [-0.39, 0.29) is 22.5 Å². The second kappa shape index (κ2) is 7.56. The van der Waals surface area contributed by atoms with Crippen LogP contribution in [-0.4, -0.2) is 35.5 Å². The first-order valence-corrected chi connectivity index (χ1v) is 9.17. The van der Waals surface area contributed by atoms with Crippen molar-refractivity contribution in [3.05, 3.63) is 29.6 Å². The smallest absolute Gasteiger partial charge is 0.230 e. The van der Waals surface area contributed by atoms with Crippen LogP contribution in [0.1, 0.15) is 39.2 Å². The molecule has 0 aliphatic carbocycles. The van der Waals surface area contributed by atoms with Gasteiger partial charge in [-0.2, -0.15) is 0 Å². The van der Waals surface area contributed by atoms with E-state index in [1.807, 2.05) is 17.9 Å². The number of nitrogens with zero attached hydrogens (tertiary/aromatic N) is 1. The third kappa shape index (κ3) is 5.72. The lowest BCUT2D eigenvalue weighted by atomic mass is 10.0. The maximum absolute atomic E-state index is 14.1. The van der Waals surface area contributed by atoms with E-state index in [0.717, 1.165) is 24.9 Å². The van der Waals surface area contributed by atoms with Crippen LogP contribution in [-0.2, 0) is 4.79 Å². The van der Waals surface area contributed by atoms with Crippen LogP contribution in [0.3, 0.4) is 0 Å². The number of benzene rings is 1. The predicted molar refractivity (Wildman–Crippen MR) is 96.7 cm³/mol. The summed E-state index contributed by atoms with van der Waals surface area (Å²) >= 11 is 1.65. The molecule has 0 aromatic heterocycles. The summed E-state index contributed by atoms with van der Waals surface area (Å²) in [6, 6.07) is 5.28. The van der Waals surface area contributed by atoms with Crippen LogP contribution in [0.5, 0.6) is 0 Å². The number of carbonyl (C=O) groups excluding carboxylic acids is 1. The van der Waals surface area contributed by atoms with Gasteiger partial charge in [0.05, 0.1) is 11.4 Å². The van der Waals surface area contributed by atoms with Crippen molar-refractivity contribution < 1.29 is 9.18 Å². The third-order valence-corrected chi connectivity index (χ3v) is 5.14. The number of nitrogens with one attached hydrogen (secondary N) is 1. The van der Waals surface area contributed by atoms with Crippen molar-refractivity contribution in [2.24, 2.45) is 0 Å². The molecule has 1 N–H and O–H groups in total. The number of thioether (sulfide) groups is 1. The van der Waals surface area contributed by atoms with E-state index >= 15 is 0 Å². The Morgan fingerprint density at radius 2 is 2.17 bits per heavy atom. The summed E-state index contributed by atoms with van der Waals surface area (Å²) in [5.74, 6) is 0.353. The van der Waals surface area contributed by atoms with Gasteiger partial charge in [0, 0.05) is 23.9 Å². The Labute approximate surface area is 143 Å². The van der Waals surface area contributed by atoms with Crippen molar-refractivity contribution in [3.8, 4) is 0 Å². The van der Waals surface area contributed by atoms with Crippen LogP contribution >= 0.6 is 11.8 Å². The fourth-order valence-electron chi connectivity index (χ4n) is 2.73. The topological polar surface area (TPSA) is 32.3 Å². The second-order valence-corrected chi connectivity index (χ2v) is 9.01. The van der Waals surface area contributed by atoms with Crippen molar-refractivity contribution in [1.29, 1.82) is 0 Å². The van der Waals surface area contributed by atoms with Crippen LogP contribution in [0.15, 0.2) is 18.2 Å². The first kappa shape index (κ1) is 18.1. The molecule has 0 radical (unpaired) electrons. The van der Waals surface area contributed by atoms with Gasteiger partial charge >= 0.3 is 0 Å². The number of hydrogen-bond donors (Lipinski definition) is 1. The molecule has 0 saturated carbocycles. The Kier molecular flexibility index (Phi) is 5.95. The third-order valence-electron chi connectivity index (χ3n) is 3.87. The number of carbonyl (C=O) groups is 1. The maximum atomic E-state index is 14.1. The fourth-order valence-corrected chi connectivity index (χ4v) is 3.38. The van der Waals surface area contributed by atoms with Gasteiger partial charge in [-0.1, -0.05) is 26.8 Å². The zero-order chi connectivity index (χ0) is 17.0. The summed E-state index contributed by atoms with van der Waals surface area (Å²) < 4.78 is 14.1. The number of rotatable bonds is 4. The van der Waals surface area contributed by atoms with Gasteiger partial charge in [0.1, 0.15) is 5.82 Å². The van der Waals surface area contributed by atoms with Gasteiger partial charge in [0.2, 0.25) is 5.91 Å². The van der Waals surface area contributed by atoms with Crippen LogP contribution in [0, 0.1) is 12.7 Å². The number of anilines is 1. The van der Waals surface area contributed by atoms with Crippen LogP contribution in [0.4, 0.5) is 10.1 Å². The van der Waals surface area contributed by atoms with Gasteiger partial charge in [-0.3, -0.25) is 4.79 Å². The van der Waals surface area contributed by atoms with E-state index in [4.69, 9.17) is 0 Å². The molecular weight excluding hydrogens is 311 g/mol. The lowest BCUT2D eigenvalue weighted by Gasteiger charge is -2.35. The van der Waals surface area contributed by atoms with Crippen LogP contribution in [0.2, 0.25) is 0 Å². The molecule has 0 spiro atoms. The molecule has 128 valence electrons. The lowest BCUT2D eigenvalue weighted by Crippen LogP contribution is -2.48. The van der Waals surface area contributed by atoms with Gasteiger partial charge in [0.15, 0.2) is 0 Å². The SMILES string of the molecule is Cc1ccc(F)c(N2CCCC(NC(=O)CSC(C)(C)C)C2)c1. The molecule has 23 heavy (non-hydrogen) atoms. The highest BCUT2D eigenvalue weighted by Gasteiger charge is 2.24. The van der Waals surface area contributed by atoms with E-state index in [9.17, 15) is 9.18 Å². The molecule has 1 amide bonds. The number of halogens is 1. The normalized spacial score (nSPS) is 18.8.